The van der Waals surface area contributed by atoms with Crippen LogP contribution < -0.4 is 5.73 Å². The normalized spacial score (nSPS) is 10.9. The first-order valence-electron chi connectivity index (χ1n) is 6.50. The van der Waals surface area contributed by atoms with Crippen LogP contribution in [0.5, 0.6) is 0 Å². The number of nitrogen functional groups attached to an aromatic ring is 1. The minimum atomic E-state index is 0.715. The topological polar surface area (TPSA) is 61.7 Å². The molecule has 1 aromatic carbocycles. The summed E-state index contributed by atoms with van der Waals surface area (Å²) in [4.78, 5) is 0. The van der Waals surface area contributed by atoms with Crippen molar-refractivity contribution in [3.63, 3.8) is 0 Å². The molecule has 0 bridgehead atoms. The molecule has 0 aliphatic carbocycles. The zero-order valence-electron chi connectivity index (χ0n) is 11.6. The molecule has 5 heteroatoms. The van der Waals surface area contributed by atoms with Crippen LogP contribution in [-0.2, 0) is 13.6 Å². The molecule has 0 saturated heterocycles. The lowest BCUT2D eigenvalue weighted by atomic mass is 10.1. The predicted octanol–water partition coefficient (Wildman–Crippen LogP) is 2.22. The number of benzene rings is 1. The van der Waals surface area contributed by atoms with E-state index in [-0.39, 0.29) is 0 Å². The van der Waals surface area contributed by atoms with E-state index in [4.69, 9.17) is 5.73 Å². The van der Waals surface area contributed by atoms with Gasteiger partial charge in [-0.2, -0.15) is 10.2 Å². The van der Waals surface area contributed by atoms with Crippen LogP contribution in [0, 0.1) is 6.92 Å². The molecule has 3 aromatic rings. The van der Waals surface area contributed by atoms with E-state index in [9.17, 15) is 0 Å². The molecule has 2 aromatic heterocycles. The van der Waals surface area contributed by atoms with E-state index >= 15 is 0 Å². The Balaban J connectivity index is 1.83. The standard InChI is InChI=1S/C15H17N5/c1-11-7-15(19(2)18-11)10-20-9-13(8-17-20)12-3-5-14(16)6-4-12/h3-9H,10,16H2,1-2H3. The van der Waals surface area contributed by atoms with Crippen molar-refractivity contribution in [2.45, 2.75) is 13.5 Å². The molecule has 2 heterocycles. The first kappa shape index (κ1) is 12.5. The van der Waals surface area contributed by atoms with Crippen LogP contribution in [-0.4, -0.2) is 19.6 Å². The number of hydrogen-bond donors (Lipinski definition) is 1. The largest absolute Gasteiger partial charge is 0.399 e. The van der Waals surface area contributed by atoms with Gasteiger partial charge >= 0.3 is 0 Å². The third-order valence-electron chi connectivity index (χ3n) is 3.30. The Morgan fingerprint density at radius 1 is 1.15 bits per heavy atom. The summed E-state index contributed by atoms with van der Waals surface area (Å²) in [5.74, 6) is 0. The number of aromatic nitrogens is 4. The van der Waals surface area contributed by atoms with Gasteiger partial charge in [0, 0.05) is 24.5 Å². The molecule has 3 rings (SSSR count). The Kier molecular flexibility index (Phi) is 3.02. The summed E-state index contributed by atoms with van der Waals surface area (Å²) in [6.07, 6.45) is 3.91. The quantitative estimate of drug-likeness (QED) is 0.740. The van der Waals surface area contributed by atoms with Crippen molar-refractivity contribution < 1.29 is 0 Å². The molecule has 0 fully saturated rings. The van der Waals surface area contributed by atoms with Crippen LogP contribution in [0.25, 0.3) is 11.1 Å². The molecule has 2 N–H and O–H groups in total. The highest BCUT2D eigenvalue weighted by atomic mass is 15.3. The summed E-state index contributed by atoms with van der Waals surface area (Å²) in [7, 11) is 1.95. The Hall–Kier alpha value is -2.56. The number of hydrogen-bond acceptors (Lipinski definition) is 3. The molecule has 5 nitrogen and oxygen atoms in total. The van der Waals surface area contributed by atoms with E-state index in [2.05, 4.69) is 16.3 Å². The summed E-state index contributed by atoms with van der Waals surface area (Å²) in [6.45, 7) is 2.71. The SMILES string of the molecule is Cc1cc(Cn2cc(-c3ccc(N)cc3)cn2)n(C)n1. The summed E-state index contributed by atoms with van der Waals surface area (Å²) in [6, 6.07) is 9.88. The lowest BCUT2D eigenvalue weighted by Gasteiger charge is -2.02. The number of aryl methyl sites for hydroxylation is 2. The minimum absolute atomic E-state index is 0.715. The summed E-state index contributed by atoms with van der Waals surface area (Å²) >= 11 is 0. The van der Waals surface area contributed by atoms with Crippen LogP contribution in [0.3, 0.4) is 0 Å². The van der Waals surface area contributed by atoms with Crippen LogP contribution in [0.4, 0.5) is 5.69 Å². The first-order valence-corrected chi connectivity index (χ1v) is 6.50. The van der Waals surface area contributed by atoms with E-state index in [1.54, 1.807) is 0 Å². The molecule has 102 valence electrons. The fourth-order valence-corrected chi connectivity index (χ4v) is 2.25. The number of rotatable bonds is 3. The van der Waals surface area contributed by atoms with Crippen LogP contribution in [0.15, 0.2) is 42.7 Å². The monoisotopic (exact) mass is 267 g/mol. The Bertz CT molecular complexity index is 721. The fourth-order valence-electron chi connectivity index (χ4n) is 2.25. The van der Waals surface area contributed by atoms with Gasteiger partial charge < -0.3 is 5.73 Å². The summed E-state index contributed by atoms with van der Waals surface area (Å²) < 4.78 is 3.81. The summed E-state index contributed by atoms with van der Waals surface area (Å²) in [5.41, 5.74) is 10.8. The second-order valence-corrected chi connectivity index (χ2v) is 4.95. The van der Waals surface area contributed by atoms with Crippen molar-refractivity contribution in [1.82, 2.24) is 19.6 Å². The van der Waals surface area contributed by atoms with E-state index < -0.39 is 0 Å². The highest BCUT2D eigenvalue weighted by molar-refractivity contribution is 5.63. The van der Waals surface area contributed by atoms with E-state index in [1.807, 2.05) is 60.0 Å². The van der Waals surface area contributed by atoms with Crippen molar-refractivity contribution in [3.05, 3.63) is 54.1 Å². The molecule has 0 amide bonds. The molecular weight excluding hydrogens is 250 g/mol. The third kappa shape index (κ3) is 2.42. The van der Waals surface area contributed by atoms with Gasteiger partial charge in [0.1, 0.15) is 0 Å². The molecule has 0 aliphatic heterocycles. The van der Waals surface area contributed by atoms with E-state index in [0.717, 1.165) is 28.2 Å². The summed E-state index contributed by atoms with van der Waals surface area (Å²) in [5, 5.41) is 8.75. The third-order valence-corrected chi connectivity index (χ3v) is 3.30. The van der Waals surface area contributed by atoms with Crippen LogP contribution in [0.1, 0.15) is 11.4 Å². The first-order chi connectivity index (χ1) is 9.61. The zero-order chi connectivity index (χ0) is 14.1. The molecule has 0 spiro atoms. The van der Waals surface area contributed by atoms with Gasteiger partial charge in [0.15, 0.2) is 0 Å². The minimum Gasteiger partial charge on any atom is -0.399 e. The van der Waals surface area contributed by atoms with Gasteiger partial charge in [-0.1, -0.05) is 12.1 Å². The lowest BCUT2D eigenvalue weighted by molar-refractivity contribution is 0.619. The molecule has 0 radical (unpaired) electrons. The van der Waals surface area contributed by atoms with E-state index in [1.165, 1.54) is 0 Å². The maximum Gasteiger partial charge on any atom is 0.0828 e. The van der Waals surface area contributed by atoms with Crippen molar-refractivity contribution in [2.75, 3.05) is 5.73 Å². The average Bonchev–Trinajstić information content (AvgIpc) is 2.98. The van der Waals surface area contributed by atoms with Crippen molar-refractivity contribution >= 4 is 5.69 Å². The Labute approximate surface area is 117 Å². The molecule has 0 unspecified atom stereocenters. The van der Waals surface area contributed by atoms with Gasteiger partial charge in [-0.05, 0) is 30.7 Å². The number of nitrogens with zero attached hydrogens (tertiary/aromatic N) is 4. The smallest absolute Gasteiger partial charge is 0.0828 e. The van der Waals surface area contributed by atoms with E-state index in [0.29, 0.717) is 6.54 Å². The van der Waals surface area contributed by atoms with Crippen molar-refractivity contribution in [3.8, 4) is 11.1 Å². The Morgan fingerprint density at radius 2 is 1.90 bits per heavy atom. The average molecular weight is 267 g/mol. The molecular formula is C15H17N5. The molecule has 0 aliphatic rings. The van der Waals surface area contributed by atoms with Gasteiger partial charge in [0.25, 0.3) is 0 Å². The number of anilines is 1. The fraction of sp³-hybridized carbons (Fsp3) is 0.200. The zero-order valence-corrected chi connectivity index (χ0v) is 11.6. The maximum absolute atomic E-state index is 5.70. The van der Waals surface area contributed by atoms with Crippen LogP contribution >= 0.6 is 0 Å². The Morgan fingerprint density at radius 3 is 2.55 bits per heavy atom. The highest BCUT2D eigenvalue weighted by Gasteiger charge is 2.06. The highest BCUT2D eigenvalue weighted by Crippen LogP contribution is 2.20. The molecule has 0 saturated carbocycles. The molecule has 20 heavy (non-hydrogen) atoms. The number of nitrogens with two attached hydrogens (primary N) is 1. The van der Waals surface area contributed by atoms with Crippen LogP contribution in [0.2, 0.25) is 0 Å². The van der Waals surface area contributed by atoms with Gasteiger partial charge in [0.05, 0.1) is 24.1 Å². The molecule has 0 atom stereocenters. The van der Waals surface area contributed by atoms with Gasteiger partial charge in [-0.25, -0.2) is 0 Å². The maximum atomic E-state index is 5.70. The second-order valence-electron chi connectivity index (χ2n) is 4.95. The van der Waals surface area contributed by atoms with Gasteiger partial charge in [0.2, 0.25) is 0 Å². The predicted molar refractivity (Wildman–Crippen MR) is 79.1 cm³/mol. The van der Waals surface area contributed by atoms with Crippen molar-refractivity contribution in [1.29, 1.82) is 0 Å². The van der Waals surface area contributed by atoms with Gasteiger partial charge in [-0.15, -0.1) is 0 Å². The second kappa shape index (κ2) is 4.85. The lowest BCUT2D eigenvalue weighted by Crippen LogP contribution is -2.05. The van der Waals surface area contributed by atoms with Gasteiger partial charge in [-0.3, -0.25) is 9.36 Å². The van der Waals surface area contributed by atoms with Crippen molar-refractivity contribution in [2.24, 2.45) is 7.05 Å².